The SMILES string of the molecule is CCC(C)N(CC(=O)O)CC(=O)N(CC(C)C)CC(C)C. The molecule has 1 amide bonds. The van der Waals surface area contributed by atoms with Gasteiger partial charge in [0.15, 0.2) is 0 Å². The second-order valence-electron chi connectivity index (χ2n) is 6.64. The number of rotatable bonds is 10. The highest BCUT2D eigenvalue weighted by Gasteiger charge is 2.23. The minimum absolute atomic E-state index is 0.0268. The Morgan fingerprint density at radius 2 is 1.43 bits per heavy atom. The summed E-state index contributed by atoms with van der Waals surface area (Å²) in [5.41, 5.74) is 0. The van der Waals surface area contributed by atoms with E-state index >= 15 is 0 Å². The lowest BCUT2D eigenvalue weighted by atomic mass is 10.1. The molecule has 0 aromatic rings. The van der Waals surface area contributed by atoms with Crippen LogP contribution in [0.25, 0.3) is 0 Å². The third-order valence-electron chi connectivity index (χ3n) is 3.41. The van der Waals surface area contributed by atoms with Crippen molar-refractivity contribution in [1.29, 1.82) is 0 Å². The average Bonchev–Trinajstić information content (AvgIpc) is 2.34. The number of hydrogen-bond donors (Lipinski definition) is 1. The lowest BCUT2D eigenvalue weighted by Crippen LogP contribution is -2.47. The second kappa shape index (κ2) is 9.77. The summed E-state index contributed by atoms with van der Waals surface area (Å²) in [6, 6.07) is 0.0880. The lowest BCUT2D eigenvalue weighted by Gasteiger charge is -2.31. The minimum Gasteiger partial charge on any atom is -0.480 e. The number of aliphatic carboxylic acids is 1. The van der Waals surface area contributed by atoms with Crippen molar-refractivity contribution in [3.05, 3.63) is 0 Å². The predicted octanol–water partition coefficient (Wildman–Crippen LogP) is 2.31. The standard InChI is InChI=1S/C16H32N2O3/c1-7-14(6)17(11-16(20)21)10-15(19)18(8-12(2)3)9-13(4)5/h12-14H,7-11H2,1-6H3,(H,20,21). The van der Waals surface area contributed by atoms with E-state index in [9.17, 15) is 9.59 Å². The van der Waals surface area contributed by atoms with Crippen molar-refractivity contribution < 1.29 is 14.7 Å². The van der Waals surface area contributed by atoms with Crippen LogP contribution in [0.1, 0.15) is 48.0 Å². The monoisotopic (exact) mass is 300 g/mol. The Bertz CT molecular complexity index is 319. The van der Waals surface area contributed by atoms with Crippen molar-refractivity contribution >= 4 is 11.9 Å². The molecule has 0 bridgehead atoms. The van der Waals surface area contributed by atoms with Crippen LogP contribution >= 0.6 is 0 Å². The molecule has 1 N–H and O–H groups in total. The fraction of sp³-hybridized carbons (Fsp3) is 0.875. The van der Waals surface area contributed by atoms with Gasteiger partial charge in [0.25, 0.3) is 0 Å². The number of hydrogen-bond acceptors (Lipinski definition) is 3. The topological polar surface area (TPSA) is 60.9 Å². The number of carboxylic acids is 1. The largest absolute Gasteiger partial charge is 0.480 e. The van der Waals surface area contributed by atoms with E-state index < -0.39 is 5.97 Å². The first kappa shape index (κ1) is 19.9. The normalized spacial score (nSPS) is 13.0. The molecule has 0 fully saturated rings. The Morgan fingerprint density at radius 3 is 1.76 bits per heavy atom. The van der Waals surface area contributed by atoms with E-state index in [1.54, 1.807) is 4.90 Å². The summed E-state index contributed by atoms with van der Waals surface area (Å²) in [6.45, 7) is 13.9. The van der Waals surface area contributed by atoms with E-state index in [1.807, 2.05) is 18.7 Å². The number of carboxylic acid groups (broad SMARTS) is 1. The predicted molar refractivity (Wildman–Crippen MR) is 85.2 cm³/mol. The van der Waals surface area contributed by atoms with Gasteiger partial charge in [-0.15, -0.1) is 0 Å². The molecule has 5 nitrogen and oxygen atoms in total. The van der Waals surface area contributed by atoms with Crippen molar-refractivity contribution in [2.45, 2.75) is 54.0 Å². The molecule has 1 atom stereocenters. The van der Waals surface area contributed by atoms with Gasteiger partial charge in [-0.05, 0) is 25.2 Å². The Kier molecular flexibility index (Phi) is 9.26. The van der Waals surface area contributed by atoms with Crippen LogP contribution in [0, 0.1) is 11.8 Å². The molecule has 124 valence electrons. The molecule has 0 aliphatic heterocycles. The van der Waals surface area contributed by atoms with Crippen molar-refractivity contribution in [1.82, 2.24) is 9.80 Å². The van der Waals surface area contributed by atoms with Crippen LogP contribution in [0.15, 0.2) is 0 Å². The van der Waals surface area contributed by atoms with Gasteiger partial charge in [0.05, 0.1) is 13.1 Å². The Hall–Kier alpha value is -1.10. The van der Waals surface area contributed by atoms with Crippen LogP contribution < -0.4 is 0 Å². The van der Waals surface area contributed by atoms with Gasteiger partial charge in [-0.25, -0.2) is 0 Å². The first-order valence-electron chi connectivity index (χ1n) is 7.90. The smallest absolute Gasteiger partial charge is 0.317 e. The first-order chi connectivity index (χ1) is 9.67. The zero-order chi connectivity index (χ0) is 16.6. The van der Waals surface area contributed by atoms with E-state index in [4.69, 9.17) is 5.11 Å². The minimum atomic E-state index is -0.887. The summed E-state index contributed by atoms with van der Waals surface area (Å²) >= 11 is 0. The maximum atomic E-state index is 12.5. The van der Waals surface area contributed by atoms with Gasteiger partial charge in [-0.2, -0.15) is 0 Å². The third kappa shape index (κ3) is 8.71. The fourth-order valence-corrected chi connectivity index (χ4v) is 2.23. The van der Waals surface area contributed by atoms with Gasteiger partial charge >= 0.3 is 5.97 Å². The number of carbonyl (C=O) groups is 2. The van der Waals surface area contributed by atoms with E-state index in [-0.39, 0.29) is 25.0 Å². The highest BCUT2D eigenvalue weighted by atomic mass is 16.4. The van der Waals surface area contributed by atoms with Crippen LogP contribution in [-0.2, 0) is 9.59 Å². The quantitative estimate of drug-likeness (QED) is 0.672. The van der Waals surface area contributed by atoms with E-state index in [0.717, 1.165) is 19.5 Å². The van der Waals surface area contributed by atoms with Crippen LogP contribution in [0.5, 0.6) is 0 Å². The molecule has 5 heteroatoms. The molecule has 0 saturated heterocycles. The molecule has 0 aromatic heterocycles. The maximum Gasteiger partial charge on any atom is 0.317 e. The zero-order valence-corrected chi connectivity index (χ0v) is 14.4. The van der Waals surface area contributed by atoms with E-state index in [0.29, 0.717) is 11.8 Å². The second-order valence-corrected chi connectivity index (χ2v) is 6.64. The molecular formula is C16H32N2O3. The third-order valence-corrected chi connectivity index (χ3v) is 3.41. The van der Waals surface area contributed by atoms with Crippen molar-refractivity contribution in [3.63, 3.8) is 0 Å². The molecule has 0 heterocycles. The summed E-state index contributed by atoms with van der Waals surface area (Å²) in [5.74, 6) is -0.0465. The maximum absolute atomic E-state index is 12.5. The fourth-order valence-electron chi connectivity index (χ4n) is 2.23. The summed E-state index contributed by atoms with van der Waals surface area (Å²) in [4.78, 5) is 27.1. The first-order valence-corrected chi connectivity index (χ1v) is 7.90. The molecule has 21 heavy (non-hydrogen) atoms. The molecule has 1 unspecified atom stereocenters. The van der Waals surface area contributed by atoms with Gasteiger partial charge in [-0.3, -0.25) is 14.5 Å². The Balaban J connectivity index is 4.83. The van der Waals surface area contributed by atoms with Gasteiger partial charge < -0.3 is 10.0 Å². The summed E-state index contributed by atoms with van der Waals surface area (Å²) in [7, 11) is 0. The van der Waals surface area contributed by atoms with Crippen LogP contribution in [0.2, 0.25) is 0 Å². The molecule has 0 saturated carbocycles. The van der Waals surface area contributed by atoms with E-state index in [2.05, 4.69) is 27.7 Å². The molecule has 0 rings (SSSR count). The Labute approximate surface area is 129 Å². The highest BCUT2D eigenvalue weighted by Crippen LogP contribution is 2.08. The molecule has 0 aliphatic carbocycles. The van der Waals surface area contributed by atoms with Crippen LogP contribution in [0.3, 0.4) is 0 Å². The highest BCUT2D eigenvalue weighted by molar-refractivity contribution is 5.79. The van der Waals surface area contributed by atoms with Crippen molar-refractivity contribution in [2.24, 2.45) is 11.8 Å². The summed E-state index contributed by atoms with van der Waals surface area (Å²) in [5, 5.41) is 9.00. The van der Waals surface area contributed by atoms with Crippen molar-refractivity contribution in [3.8, 4) is 0 Å². The molecule has 0 spiro atoms. The average molecular weight is 300 g/mol. The van der Waals surface area contributed by atoms with Gasteiger partial charge in [0.1, 0.15) is 0 Å². The van der Waals surface area contributed by atoms with Gasteiger partial charge in [0.2, 0.25) is 5.91 Å². The van der Waals surface area contributed by atoms with Crippen LogP contribution in [0.4, 0.5) is 0 Å². The van der Waals surface area contributed by atoms with Gasteiger partial charge in [-0.1, -0.05) is 34.6 Å². The Morgan fingerprint density at radius 1 is 0.952 bits per heavy atom. The number of amides is 1. The van der Waals surface area contributed by atoms with Crippen molar-refractivity contribution in [2.75, 3.05) is 26.2 Å². The van der Waals surface area contributed by atoms with E-state index in [1.165, 1.54) is 0 Å². The zero-order valence-electron chi connectivity index (χ0n) is 14.4. The summed E-state index contributed by atoms with van der Waals surface area (Å²) in [6.07, 6.45) is 0.828. The number of nitrogens with zero attached hydrogens (tertiary/aromatic N) is 2. The lowest BCUT2D eigenvalue weighted by molar-refractivity contribution is -0.141. The molecule has 0 radical (unpaired) electrons. The molecule has 0 aromatic carbocycles. The molecule has 0 aliphatic rings. The number of carbonyl (C=O) groups excluding carboxylic acids is 1. The van der Waals surface area contributed by atoms with Crippen LogP contribution in [-0.4, -0.2) is 59.0 Å². The van der Waals surface area contributed by atoms with Gasteiger partial charge in [0, 0.05) is 19.1 Å². The molecular weight excluding hydrogens is 268 g/mol. The summed E-state index contributed by atoms with van der Waals surface area (Å²) < 4.78 is 0.